The number of benzene rings is 1. The number of sulfonamides is 1. The summed E-state index contributed by atoms with van der Waals surface area (Å²) in [5, 5.41) is 9.12. The smallest absolute Gasteiger partial charge is 0.335 e. The van der Waals surface area contributed by atoms with Gasteiger partial charge in [0.25, 0.3) is 0 Å². The molecule has 1 aromatic carbocycles. The third-order valence-electron chi connectivity index (χ3n) is 4.36. The van der Waals surface area contributed by atoms with Crippen molar-refractivity contribution in [3.05, 3.63) is 29.3 Å². The van der Waals surface area contributed by atoms with E-state index < -0.39 is 16.0 Å². The topological polar surface area (TPSA) is 83.5 Å². The molecule has 2 aliphatic carbocycles. The minimum atomic E-state index is -3.67. The van der Waals surface area contributed by atoms with Crippen molar-refractivity contribution in [3.8, 4) is 0 Å². The van der Waals surface area contributed by atoms with E-state index in [0.29, 0.717) is 17.4 Å². The van der Waals surface area contributed by atoms with E-state index in [1.54, 1.807) is 6.92 Å². The van der Waals surface area contributed by atoms with Crippen LogP contribution < -0.4 is 4.72 Å². The van der Waals surface area contributed by atoms with Gasteiger partial charge in [0.15, 0.2) is 0 Å². The van der Waals surface area contributed by atoms with Gasteiger partial charge in [0.05, 0.1) is 10.5 Å². The molecule has 2 fully saturated rings. The Morgan fingerprint density at radius 3 is 2.29 bits per heavy atom. The maximum atomic E-state index is 12.6. The van der Waals surface area contributed by atoms with Gasteiger partial charge in [-0.15, -0.1) is 0 Å². The molecular weight excluding hydrogens is 290 g/mol. The molecule has 0 heterocycles. The molecule has 2 aliphatic rings. The summed E-state index contributed by atoms with van der Waals surface area (Å²) in [6.45, 7) is 1.54. The lowest BCUT2D eigenvalue weighted by Crippen LogP contribution is -2.38. The molecule has 0 bridgehead atoms. The molecule has 1 aromatic rings. The summed E-state index contributed by atoms with van der Waals surface area (Å²) in [5.41, 5.74) is 0.329. The lowest BCUT2D eigenvalue weighted by atomic mass is 10.1. The molecular formula is C15H19NO4S. The summed E-state index contributed by atoms with van der Waals surface area (Å²) in [6, 6.07) is 4.40. The molecule has 21 heavy (non-hydrogen) atoms. The van der Waals surface area contributed by atoms with Gasteiger partial charge < -0.3 is 5.11 Å². The van der Waals surface area contributed by atoms with Crippen molar-refractivity contribution >= 4 is 16.0 Å². The number of aromatic carboxylic acids is 1. The molecule has 0 aliphatic heterocycles. The van der Waals surface area contributed by atoms with Crippen molar-refractivity contribution < 1.29 is 18.3 Å². The van der Waals surface area contributed by atoms with E-state index in [0.717, 1.165) is 25.7 Å². The first-order chi connectivity index (χ1) is 9.90. The van der Waals surface area contributed by atoms with Gasteiger partial charge in [-0.1, -0.05) is 6.07 Å². The zero-order valence-corrected chi connectivity index (χ0v) is 12.7. The van der Waals surface area contributed by atoms with E-state index in [2.05, 4.69) is 4.72 Å². The Morgan fingerprint density at radius 1 is 1.24 bits per heavy atom. The lowest BCUT2D eigenvalue weighted by molar-refractivity contribution is 0.0696. The quantitative estimate of drug-likeness (QED) is 0.843. The normalized spacial score (nSPS) is 19.0. The van der Waals surface area contributed by atoms with Crippen LogP contribution >= 0.6 is 0 Å². The third-order valence-corrected chi connectivity index (χ3v) is 5.96. The minimum Gasteiger partial charge on any atom is -0.478 e. The molecule has 2 N–H and O–H groups in total. The van der Waals surface area contributed by atoms with Crippen LogP contribution in [0.5, 0.6) is 0 Å². The summed E-state index contributed by atoms with van der Waals surface area (Å²) in [4.78, 5) is 11.2. The summed E-state index contributed by atoms with van der Waals surface area (Å²) < 4.78 is 28.0. The third kappa shape index (κ3) is 2.96. The van der Waals surface area contributed by atoms with Crippen LogP contribution in [0.3, 0.4) is 0 Å². The molecule has 0 amide bonds. The second-order valence-electron chi connectivity index (χ2n) is 6.06. The van der Waals surface area contributed by atoms with E-state index in [4.69, 9.17) is 5.11 Å². The van der Waals surface area contributed by atoms with Gasteiger partial charge in [-0.05, 0) is 62.1 Å². The number of hydrogen-bond donors (Lipinski definition) is 2. The van der Waals surface area contributed by atoms with Crippen LogP contribution in [0.15, 0.2) is 23.1 Å². The first-order valence-electron chi connectivity index (χ1n) is 7.25. The van der Waals surface area contributed by atoms with Crippen molar-refractivity contribution in [2.45, 2.75) is 43.5 Å². The van der Waals surface area contributed by atoms with Crippen LogP contribution in [-0.4, -0.2) is 25.5 Å². The maximum Gasteiger partial charge on any atom is 0.335 e. The van der Waals surface area contributed by atoms with Gasteiger partial charge in [0.2, 0.25) is 10.0 Å². The standard InChI is InChI=1S/C15H19NO4S/c1-9-12(15(17)18)3-2-4-13(9)21(19,20)16-14(10-5-6-10)11-7-8-11/h2-4,10-11,14,16H,5-8H2,1H3,(H,17,18). The van der Waals surface area contributed by atoms with E-state index >= 15 is 0 Å². The Kier molecular flexibility index (Phi) is 3.53. The van der Waals surface area contributed by atoms with Gasteiger partial charge in [-0.25, -0.2) is 17.9 Å². The van der Waals surface area contributed by atoms with Crippen LogP contribution in [-0.2, 0) is 10.0 Å². The van der Waals surface area contributed by atoms with Crippen LogP contribution in [0.1, 0.15) is 41.6 Å². The highest BCUT2D eigenvalue weighted by atomic mass is 32.2. The predicted molar refractivity (Wildman–Crippen MR) is 77.7 cm³/mol. The summed E-state index contributed by atoms with van der Waals surface area (Å²) in [6.07, 6.45) is 4.32. The second-order valence-corrected chi connectivity index (χ2v) is 7.74. The van der Waals surface area contributed by atoms with Crippen molar-refractivity contribution in [1.82, 2.24) is 4.72 Å². The van der Waals surface area contributed by atoms with Crippen LogP contribution in [0.2, 0.25) is 0 Å². The molecule has 0 spiro atoms. The average molecular weight is 309 g/mol. The van der Waals surface area contributed by atoms with Gasteiger partial charge >= 0.3 is 5.97 Å². The van der Waals surface area contributed by atoms with Gasteiger partial charge in [-0.3, -0.25) is 0 Å². The number of rotatable bonds is 6. The molecule has 3 rings (SSSR count). The minimum absolute atomic E-state index is 0.0166. The van der Waals surface area contributed by atoms with Gasteiger partial charge in [0, 0.05) is 6.04 Å². The SMILES string of the molecule is Cc1c(C(=O)O)cccc1S(=O)(=O)NC(C1CC1)C1CC1. The van der Waals surface area contributed by atoms with Crippen molar-refractivity contribution in [1.29, 1.82) is 0 Å². The molecule has 0 atom stereocenters. The number of carbonyl (C=O) groups is 1. The second kappa shape index (κ2) is 5.10. The molecule has 0 aromatic heterocycles. The Bertz CT molecular complexity index is 663. The predicted octanol–water partition coefficient (Wildman–Crippen LogP) is 2.16. The van der Waals surface area contributed by atoms with E-state index in [1.807, 2.05) is 0 Å². The zero-order chi connectivity index (χ0) is 15.2. The number of carboxylic acid groups (broad SMARTS) is 1. The molecule has 2 saturated carbocycles. The summed E-state index contributed by atoms with van der Waals surface area (Å²) >= 11 is 0. The number of carboxylic acids is 1. The highest BCUT2D eigenvalue weighted by molar-refractivity contribution is 7.89. The first-order valence-corrected chi connectivity index (χ1v) is 8.73. The fraction of sp³-hybridized carbons (Fsp3) is 0.533. The van der Waals surface area contributed by atoms with Crippen LogP contribution in [0.25, 0.3) is 0 Å². The molecule has 6 heteroatoms. The molecule has 5 nitrogen and oxygen atoms in total. The fourth-order valence-electron chi connectivity index (χ4n) is 2.87. The van der Waals surface area contributed by atoms with Crippen molar-refractivity contribution in [2.75, 3.05) is 0 Å². The molecule has 0 radical (unpaired) electrons. The summed E-state index contributed by atoms with van der Waals surface area (Å²) in [5.74, 6) is -0.198. The van der Waals surface area contributed by atoms with Gasteiger partial charge in [0.1, 0.15) is 0 Å². The average Bonchev–Trinajstić information content (AvgIpc) is 3.27. The molecule has 0 saturated heterocycles. The Labute approximate surface area is 124 Å². The fourth-order valence-corrected chi connectivity index (χ4v) is 4.51. The number of nitrogens with one attached hydrogen (secondary N) is 1. The Balaban J connectivity index is 1.90. The van der Waals surface area contributed by atoms with E-state index in [1.165, 1.54) is 18.2 Å². The molecule has 114 valence electrons. The lowest BCUT2D eigenvalue weighted by Gasteiger charge is -2.19. The largest absolute Gasteiger partial charge is 0.478 e. The summed E-state index contributed by atoms with van der Waals surface area (Å²) in [7, 11) is -3.67. The van der Waals surface area contributed by atoms with Crippen molar-refractivity contribution in [2.24, 2.45) is 11.8 Å². The van der Waals surface area contributed by atoms with Gasteiger partial charge in [-0.2, -0.15) is 0 Å². The first kappa shape index (κ1) is 14.5. The highest BCUT2D eigenvalue weighted by Gasteiger charge is 2.43. The van der Waals surface area contributed by atoms with E-state index in [9.17, 15) is 13.2 Å². The highest BCUT2D eigenvalue weighted by Crippen LogP contribution is 2.45. The van der Waals surface area contributed by atoms with Crippen molar-refractivity contribution in [3.63, 3.8) is 0 Å². The van der Waals surface area contributed by atoms with Crippen LogP contribution in [0, 0.1) is 18.8 Å². The monoisotopic (exact) mass is 309 g/mol. The Hall–Kier alpha value is -1.40. The molecule has 0 unspecified atom stereocenters. The van der Waals surface area contributed by atoms with E-state index in [-0.39, 0.29) is 16.5 Å². The maximum absolute atomic E-state index is 12.6. The van der Waals surface area contributed by atoms with Crippen LogP contribution in [0.4, 0.5) is 0 Å². The zero-order valence-electron chi connectivity index (χ0n) is 11.9. The number of hydrogen-bond acceptors (Lipinski definition) is 3. The Morgan fingerprint density at radius 2 is 1.81 bits per heavy atom.